The van der Waals surface area contributed by atoms with Crippen molar-refractivity contribution in [2.24, 2.45) is 5.92 Å². The van der Waals surface area contributed by atoms with Gasteiger partial charge in [-0.3, -0.25) is 9.59 Å². The Morgan fingerprint density at radius 2 is 1.62 bits per heavy atom. The standard InChI is InChI=1S/C26H37F3N4O5S/c1-25(2,3)38-21-16-32(17-21)39(36,37)31-12-4-6-19(15-31)24(35)33-13-5-7-22(33)23(34)30-14-18-8-10-20(11-9-18)26(27,28)29/h8-11,19,21-22H,4-7,12-17H2,1-3H3,(H,30,34)/t19-,22+/m0/s1. The van der Waals surface area contributed by atoms with Crippen molar-refractivity contribution in [1.82, 2.24) is 18.8 Å². The second kappa shape index (κ2) is 11.3. The van der Waals surface area contributed by atoms with Crippen LogP contribution in [-0.4, -0.2) is 84.2 Å². The molecule has 0 saturated carbocycles. The summed E-state index contributed by atoms with van der Waals surface area (Å²) in [6.45, 7) is 7.18. The van der Waals surface area contributed by atoms with Crippen LogP contribution in [-0.2, 0) is 37.3 Å². The van der Waals surface area contributed by atoms with Gasteiger partial charge in [0.2, 0.25) is 11.8 Å². The number of nitrogens with zero attached hydrogens (tertiary/aromatic N) is 3. The van der Waals surface area contributed by atoms with E-state index in [2.05, 4.69) is 5.32 Å². The highest BCUT2D eigenvalue weighted by Crippen LogP contribution is 2.30. The predicted octanol–water partition coefficient (Wildman–Crippen LogP) is 2.77. The minimum absolute atomic E-state index is 0.0424. The Morgan fingerprint density at radius 3 is 2.23 bits per heavy atom. The molecule has 39 heavy (non-hydrogen) atoms. The second-order valence-electron chi connectivity index (χ2n) is 11.5. The largest absolute Gasteiger partial charge is 0.416 e. The van der Waals surface area contributed by atoms with Crippen molar-refractivity contribution in [3.05, 3.63) is 35.4 Å². The first kappa shape index (κ1) is 29.8. The Morgan fingerprint density at radius 1 is 0.974 bits per heavy atom. The number of hydrogen-bond acceptors (Lipinski definition) is 5. The predicted molar refractivity (Wildman–Crippen MR) is 137 cm³/mol. The molecule has 4 rings (SSSR count). The van der Waals surface area contributed by atoms with Gasteiger partial charge in [0.25, 0.3) is 10.2 Å². The minimum atomic E-state index is -4.43. The summed E-state index contributed by atoms with van der Waals surface area (Å²) in [7, 11) is -3.72. The molecule has 3 heterocycles. The van der Waals surface area contributed by atoms with Gasteiger partial charge in [0.1, 0.15) is 6.04 Å². The average Bonchev–Trinajstić information content (AvgIpc) is 3.33. The topological polar surface area (TPSA) is 99.3 Å². The number of amides is 2. The van der Waals surface area contributed by atoms with Crippen LogP contribution in [0.15, 0.2) is 24.3 Å². The maximum Gasteiger partial charge on any atom is 0.416 e. The SMILES string of the molecule is CC(C)(C)OC1CN(S(=O)(=O)N2CCC[C@H](C(=O)N3CCC[C@@H]3C(=O)NCc3ccc(C(F)(F)F)cc3)C2)C1. The number of carbonyl (C=O) groups is 2. The van der Waals surface area contributed by atoms with Gasteiger partial charge in [-0.05, 0) is 64.2 Å². The zero-order valence-electron chi connectivity index (χ0n) is 22.5. The molecule has 2 atom stereocenters. The summed E-state index contributed by atoms with van der Waals surface area (Å²) < 4.78 is 73.3. The van der Waals surface area contributed by atoms with Crippen molar-refractivity contribution in [3.63, 3.8) is 0 Å². The fourth-order valence-electron chi connectivity index (χ4n) is 5.34. The molecule has 3 aliphatic rings. The Bertz CT molecular complexity index is 1150. The fourth-order valence-corrected chi connectivity index (χ4v) is 7.10. The number of likely N-dealkylation sites (tertiary alicyclic amines) is 1. The van der Waals surface area contributed by atoms with Crippen molar-refractivity contribution in [2.45, 2.75) is 76.9 Å². The number of ether oxygens (including phenoxy) is 1. The first-order valence-corrected chi connectivity index (χ1v) is 14.7. The molecule has 218 valence electrons. The summed E-state index contributed by atoms with van der Waals surface area (Å²) in [6.07, 6.45) is -2.39. The number of piperidine rings is 1. The van der Waals surface area contributed by atoms with E-state index in [1.807, 2.05) is 20.8 Å². The summed E-state index contributed by atoms with van der Waals surface area (Å²) in [5.74, 6) is -1.15. The lowest BCUT2D eigenvalue weighted by Gasteiger charge is -2.44. The Kier molecular flexibility index (Phi) is 8.65. The lowest BCUT2D eigenvalue weighted by atomic mass is 9.97. The zero-order valence-corrected chi connectivity index (χ0v) is 23.4. The third-order valence-electron chi connectivity index (χ3n) is 7.31. The van der Waals surface area contributed by atoms with Crippen molar-refractivity contribution in [2.75, 3.05) is 32.7 Å². The second-order valence-corrected chi connectivity index (χ2v) is 13.4. The van der Waals surface area contributed by atoms with E-state index in [1.165, 1.54) is 25.6 Å². The molecule has 13 heteroatoms. The van der Waals surface area contributed by atoms with E-state index < -0.39 is 33.9 Å². The molecular formula is C26H37F3N4O5S. The van der Waals surface area contributed by atoms with Gasteiger partial charge in [-0.15, -0.1) is 0 Å². The normalized spacial score (nSPS) is 24.0. The number of halogens is 3. The molecule has 9 nitrogen and oxygen atoms in total. The van der Waals surface area contributed by atoms with E-state index >= 15 is 0 Å². The van der Waals surface area contributed by atoms with Gasteiger partial charge in [0.15, 0.2) is 0 Å². The maximum absolute atomic E-state index is 13.4. The molecule has 0 unspecified atom stereocenters. The van der Waals surface area contributed by atoms with Gasteiger partial charge in [-0.2, -0.15) is 30.2 Å². The molecule has 0 aliphatic carbocycles. The van der Waals surface area contributed by atoms with Crippen LogP contribution in [0.1, 0.15) is 57.6 Å². The van der Waals surface area contributed by atoms with Crippen LogP contribution >= 0.6 is 0 Å². The molecule has 3 saturated heterocycles. The van der Waals surface area contributed by atoms with Crippen molar-refractivity contribution >= 4 is 22.0 Å². The van der Waals surface area contributed by atoms with E-state index in [4.69, 9.17) is 4.74 Å². The molecule has 3 fully saturated rings. The summed E-state index contributed by atoms with van der Waals surface area (Å²) in [5, 5.41) is 2.73. The van der Waals surface area contributed by atoms with E-state index in [0.717, 1.165) is 12.1 Å². The van der Waals surface area contributed by atoms with Crippen LogP contribution < -0.4 is 5.32 Å². The summed E-state index contributed by atoms with van der Waals surface area (Å²) in [4.78, 5) is 27.9. The van der Waals surface area contributed by atoms with Crippen LogP contribution in [0.2, 0.25) is 0 Å². The number of alkyl halides is 3. The van der Waals surface area contributed by atoms with Crippen LogP contribution in [0.3, 0.4) is 0 Å². The van der Waals surface area contributed by atoms with Crippen molar-refractivity contribution in [1.29, 1.82) is 0 Å². The van der Waals surface area contributed by atoms with E-state index in [9.17, 15) is 31.2 Å². The lowest BCUT2D eigenvalue weighted by molar-refractivity contribution is -0.142. The minimum Gasteiger partial charge on any atom is -0.370 e. The molecule has 1 aromatic rings. The summed E-state index contributed by atoms with van der Waals surface area (Å²) in [6, 6.07) is 3.87. The van der Waals surface area contributed by atoms with Gasteiger partial charge >= 0.3 is 6.18 Å². The first-order valence-electron chi connectivity index (χ1n) is 13.3. The highest BCUT2D eigenvalue weighted by molar-refractivity contribution is 7.86. The van der Waals surface area contributed by atoms with Gasteiger partial charge in [0.05, 0.1) is 23.2 Å². The van der Waals surface area contributed by atoms with Crippen LogP contribution in [0, 0.1) is 5.92 Å². The van der Waals surface area contributed by atoms with Gasteiger partial charge in [-0.25, -0.2) is 0 Å². The van der Waals surface area contributed by atoms with E-state index in [-0.39, 0.29) is 49.7 Å². The molecular weight excluding hydrogens is 537 g/mol. The molecule has 3 aliphatic heterocycles. The Balaban J connectivity index is 1.32. The Labute approximate surface area is 227 Å². The maximum atomic E-state index is 13.4. The van der Waals surface area contributed by atoms with Gasteiger partial charge < -0.3 is 15.0 Å². The van der Waals surface area contributed by atoms with Crippen molar-refractivity contribution in [3.8, 4) is 0 Å². The highest BCUT2D eigenvalue weighted by atomic mass is 32.2. The lowest BCUT2D eigenvalue weighted by Crippen LogP contribution is -2.61. The van der Waals surface area contributed by atoms with E-state index in [0.29, 0.717) is 44.3 Å². The molecule has 2 amide bonds. The number of hydrogen-bond donors (Lipinski definition) is 1. The monoisotopic (exact) mass is 574 g/mol. The Hall–Kier alpha value is -2.22. The fraction of sp³-hybridized carbons (Fsp3) is 0.692. The van der Waals surface area contributed by atoms with Gasteiger partial charge in [-0.1, -0.05) is 12.1 Å². The molecule has 0 spiro atoms. The highest BCUT2D eigenvalue weighted by Gasteiger charge is 2.45. The molecule has 0 bridgehead atoms. The molecule has 1 aromatic carbocycles. The average molecular weight is 575 g/mol. The third-order valence-corrected chi connectivity index (χ3v) is 9.24. The van der Waals surface area contributed by atoms with Crippen LogP contribution in [0.25, 0.3) is 0 Å². The molecule has 0 aromatic heterocycles. The first-order chi connectivity index (χ1) is 18.1. The summed E-state index contributed by atoms with van der Waals surface area (Å²) in [5.41, 5.74) is -0.609. The number of rotatable bonds is 7. The number of benzene rings is 1. The third kappa shape index (κ3) is 7.11. The number of carbonyl (C=O) groups excluding carboxylic acids is 2. The summed E-state index contributed by atoms with van der Waals surface area (Å²) >= 11 is 0. The van der Waals surface area contributed by atoms with Crippen LogP contribution in [0.5, 0.6) is 0 Å². The van der Waals surface area contributed by atoms with Crippen LogP contribution in [0.4, 0.5) is 13.2 Å². The van der Waals surface area contributed by atoms with Gasteiger partial charge in [0, 0.05) is 39.3 Å². The van der Waals surface area contributed by atoms with Crippen molar-refractivity contribution < 1.29 is 35.9 Å². The smallest absolute Gasteiger partial charge is 0.370 e. The molecule has 0 radical (unpaired) electrons. The number of nitrogens with one attached hydrogen (secondary N) is 1. The zero-order chi connectivity index (χ0) is 28.6. The quantitative estimate of drug-likeness (QED) is 0.540. The van der Waals surface area contributed by atoms with E-state index in [1.54, 1.807) is 0 Å². The molecule has 1 N–H and O–H groups in total.